The molecule has 1 N–H and O–H groups in total. The molecule has 0 radical (unpaired) electrons. The number of benzene rings is 2. The summed E-state index contributed by atoms with van der Waals surface area (Å²) in [7, 11) is -0.427. The molecule has 1 fully saturated rings. The number of alkyl carbamates (subject to hydrolysis) is 1. The van der Waals surface area contributed by atoms with Crippen LogP contribution in [-0.2, 0) is 20.6 Å². The van der Waals surface area contributed by atoms with E-state index in [4.69, 9.17) is 14.0 Å². The number of fused-ring (bicyclic) bond motifs is 1. The van der Waals surface area contributed by atoms with Crippen LogP contribution in [0.5, 0.6) is 0 Å². The number of aromatic nitrogens is 1. The maximum atomic E-state index is 11.9. The minimum absolute atomic E-state index is 0.395. The Morgan fingerprint density at radius 3 is 2.26 bits per heavy atom. The monoisotopic (exact) mass is 460 g/mol. The molecule has 7 heteroatoms. The van der Waals surface area contributed by atoms with Gasteiger partial charge in [0.2, 0.25) is 0 Å². The summed E-state index contributed by atoms with van der Waals surface area (Å²) in [5.41, 5.74) is 3.71. The third-order valence-corrected chi connectivity index (χ3v) is 6.39. The van der Waals surface area contributed by atoms with Gasteiger partial charge in [-0.2, -0.15) is 0 Å². The summed E-state index contributed by atoms with van der Waals surface area (Å²) in [5.74, 6) is 0. The Morgan fingerprint density at radius 2 is 1.65 bits per heavy atom. The molecular formula is C27H33BN2O4. The minimum atomic E-state index is -0.519. The first kappa shape index (κ1) is 24.2. The predicted octanol–water partition coefficient (Wildman–Crippen LogP) is 5.23. The summed E-state index contributed by atoms with van der Waals surface area (Å²) < 4.78 is 17.8. The van der Waals surface area contributed by atoms with Gasteiger partial charge in [-0.05, 0) is 82.8 Å². The van der Waals surface area contributed by atoms with Crippen LogP contribution in [0.15, 0.2) is 54.7 Å². The second-order valence-electron chi connectivity index (χ2n) is 10.8. The van der Waals surface area contributed by atoms with E-state index in [2.05, 4.69) is 56.2 Å². The van der Waals surface area contributed by atoms with Crippen LogP contribution in [0.1, 0.15) is 54.0 Å². The lowest BCUT2D eigenvalue weighted by atomic mass is 9.78. The highest BCUT2D eigenvalue weighted by Gasteiger charge is 2.51. The predicted molar refractivity (Wildman–Crippen MR) is 136 cm³/mol. The molecule has 1 aliphatic heterocycles. The highest BCUT2D eigenvalue weighted by Crippen LogP contribution is 2.37. The van der Waals surface area contributed by atoms with E-state index >= 15 is 0 Å². The Kier molecular flexibility index (Phi) is 6.21. The SMILES string of the molecule is CC(C)(C)OC(=O)NCc1ccc(-c2ccnc3ccc(B4OC(C)(C)C(C)(C)O4)cc23)cc1. The van der Waals surface area contributed by atoms with Crippen molar-refractivity contribution in [3.63, 3.8) is 0 Å². The molecule has 1 aliphatic rings. The van der Waals surface area contributed by atoms with Crippen molar-refractivity contribution < 1.29 is 18.8 Å². The van der Waals surface area contributed by atoms with Crippen LogP contribution in [0, 0.1) is 0 Å². The maximum Gasteiger partial charge on any atom is 0.494 e. The Balaban J connectivity index is 1.56. The number of pyridine rings is 1. The summed E-state index contributed by atoms with van der Waals surface area (Å²) in [6.45, 7) is 14.2. The van der Waals surface area contributed by atoms with Gasteiger partial charge < -0.3 is 19.4 Å². The average Bonchev–Trinajstić information content (AvgIpc) is 2.97. The molecule has 34 heavy (non-hydrogen) atoms. The molecule has 2 heterocycles. The van der Waals surface area contributed by atoms with Crippen molar-refractivity contribution in [2.45, 2.75) is 71.8 Å². The van der Waals surface area contributed by atoms with Crippen molar-refractivity contribution in [3.8, 4) is 11.1 Å². The standard InChI is InChI=1S/C27H33BN2O4/c1-25(2,3)32-24(31)30-17-18-8-10-19(11-9-18)21-14-15-29-23-13-12-20(16-22(21)23)28-33-26(4,5)27(6,7)34-28/h8-16H,17H2,1-7H3,(H,30,31). The largest absolute Gasteiger partial charge is 0.494 e. The molecule has 0 spiro atoms. The van der Waals surface area contributed by atoms with Gasteiger partial charge in [0.1, 0.15) is 5.60 Å². The van der Waals surface area contributed by atoms with Crippen LogP contribution in [-0.4, -0.2) is 35.0 Å². The molecule has 0 unspecified atom stereocenters. The quantitative estimate of drug-likeness (QED) is 0.541. The van der Waals surface area contributed by atoms with E-state index in [1.54, 1.807) is 0 Å². The molecule has 0 atom stereocenters. The number of hydrogen-bond acceptors (Lipinski definition) is 5. The summed E-state index contributed by atoms with van der Waals surface area (Å²) in [6.07, 6.45) is 1.40. The fourth-order valence-electron chi connectivity index (χ4n) is 3.83. The Labute approximate surface area is 202 Å². The highest BCUT2D eigenvalue weighted by atomic mass is 16.7. The number of nitrogens with one attached hydrogen (secondary N) is 1. The number of hydrogen-bond donors (Lipinski definition) is 1. The zero-order chi connectivity index (χ0) is 24.7. The summed E-state index contributed by atoms with van der Waals surface area (Å²) in [5, 5.41) is 3.83. The van der Waals surface area contributed by atoms with E-state index in [0.717, 1.165) is 33.1 Å². The summed E-state index contributed by atoms with van der Waals surface area (Å²) >= 11 is 0. The van der Waals surface area contributed by atoms with Gasteiger partial charge in [-0.1, -0.05) is 36.4 Å². The van der Waals surface area contributed by atoms with Gasteiger partial charge in [-0.3, -0.25) is 4.98 Å². The number of ether oxygens (including phenoxy) is 1. The average molecular weight is 460 g/mol. The lowest BCUT2D eigenvalue weighted by Gasteiger charge is -2.32. The van der Waals surface area contributed by atoms with Crippen LogP contribution in [0.4, 0.5) is 4.79 Å². The van der Waals surface area contributed by atoms with Gasteiger partial charge in [0.25, 0.3) is 0 Å². The van der Waals surface area contributed by atoms with Crippen LogP contribution in [0.25, 0.3) is 22.0 Å². The van der Waals surface area contributed by atoms with Gasteiger partial charge in [0.15, 0.2) is 0 Å². The molecule has 0 bridgehead atoms. The third kappa shape index (κ3) is 5.11. The molecule has 178 valence electrons. The number of rotatable bonds is 4. The summed E-state index contributed by atoms with van der Waals surface area (Å²) in [4.78, 5) is 16.5. The van der Waals surface area contributed by atoms with Gasteiger partial charge in [-0.25, -0.2) is 4.79 Å². The van der Waals surface area contributed by atoms with Gasteiger partial charge in [0.05, 0.1) is 16.7 Å². The number of nitrogens with zero attached hydrogens (tertiary/aromatic N) is 1. The van der Waals surface area contributed by atoms with E-state index in [-0.39, 0.29) is 0 Å². The first-order valence-corrected chi connectivity index (χ1v) is 11.7. The van der Waals surface area contributed by atoms with Crippen molar-refractivity contribution in [2.24, 2.45) is 0 Å². The lowest BCUT2D eigenvalue weighted by Crippen LogP contribution is -2.41. The lowest BCUT2D eigenvalue weighted by molar-refractivity contribution is 0.00578. The van der Waals surface area contributed by atoms with E-state index in [1.165, 1.54) is 0 Å². The maximum absolute atomic E-state index is 11.9. The minimum Gasteiger partial charge on any atom is -0.444 e. The fourth-order valence-corrected chi connectivity index (χ4v) is 3.83. The zero-order valence-electron chi connectivity index (χ0n) is 21.1. The smallest absolute Gasteiger partial charge is 0.444 e. The molecule has 2 aromatic carbocycles. The molecule has 1 aromatic heterocycles. The molecular weight excluding hydrogens is 427 g/mol. The fraction of sp³-hybridized carbons (Fsp3) is 0.407. The Hall–Kier alpha value is -2.90. The van der Waals surface area contributed by atoms with E-state index in [0.29, 0.717) is 6.54 Å². The van der Waals surface area contributed by atoms with E-state index < -0.39 is 30.0 Å². The second kappa shape index (κ2) is 8.71. The van der Waals surface area contributed by atoms with Crippen molar-refractivity contribution in [1.82, 2.24) is 10.3 Å². The molecule has 6 nitrogen and oxygen atoms in total. The number of carbonyl (C=O) groups excluding carboxylic acids is 1. The van der Waals surface area contributed by atoms with Crippen molar-refractivity contribution in [1.29, 1.82) is 0 Å². The number of carbonyl (C=O) groups is 1. The molecule has 0 aliphatic carbocycles. The van der Waals surface area contributed by atoms with Crippen LogP contribution < -0.4 is 10.8 Å². The molecule has 1 amide bonds. The third-order valence-electron chi connectivity index (χ3n) is 6.39. The molecule has 1 saturated heterocycles. The Morgan fingerprint density at radius 1 is 1.00 bits per heavy atom. The molecule has 0 saturated carbocycles. The normalized spacial score (nSPS) is 17.1. The topological polar surface area (TPSA) is 69.7 Å². The second-order valence-corrected chi connectivity index (χ2v) is 10.8. The van der Waals surface area contributed by atoms with Crippen LogP contribution in [0.3, 0.4) is 0 Å². The zero-order valence-corrected chi connectivity index (χ0v) is 21.1. The molecule has 3 aromatic rings. The van der Waals surface area contributed by atoms with E-state index in [9.17, 15) is 4.79 Å². The number of amides is 1. The van der Waals surface area contributed by atoms with Crippen LogP contribution >= 0.6 is 0 Å². The van der Waals surface area contributed by atoms with Gasteiger partial charge in [0, 0.05) is 18.1 Å². The van der Waals surface area contributed by atoms with Gasteiger partial charge >= 0.3 is 13.2 Å². The first-order valence-electron chi connectivity index (χ1n) is 11.7. The van der Waals surface area contributed by atoms with E-state index in [1.807, 2.05) is 57.3 Å². The van der Waals surface area contributed by atoms with Crippen molar-refractivity contribution in [3.05, 3.63) is 60.3 Å². The van der Waals surface area contributed by atoms with Crippen molar-refractivity contribution >= 4 is 29.6 Å². The summed E-state index contributed by atoms with van der Waals surface area (Å²) in [6, 6.07) is 16.3. The van der Waals surface area contributed by atoms with Crippen LogP contribution in [0.2, 0.25) is 0 Å². The van der Waals surface area contributed by atoms with Crippen molar-refractivity contribution in [2.75, 3.05) is 0 Å². The van der Waals surface area contributed by atoms with Gasteiger partial charge in [-0.15, -0.1) is 0 Å². The Bertz CT molecular complexity index is 1180. The molecule has 4 rings (SSSR count). The highest BCUT2D eigenvalue weighted by molar-refractivity contribution is 6.62. The first-order chi connectivity index (χ1) is 15.8.